The maximum absolute atomic E-state index is 5.01. The Morgan fingerprint density at radius 1 is 1.67 bits per heavy atom. The van der Waals surface area contributed by atoms with Crippen LogP contribution in [-0.2, 0) is 4.84 Å². The lowest BCUT2D eigenvalue weighted by molar-refractivity contribution is 0.107. The van der Waals surface area contributed by atoms with Gasteiger partial charge in [-0.15, -0.1) is 0 Å². The van der Waals surface area contributed by atoms with Crippen LogP contribution in [0.25, 0.3) is 0 Å². The molecule has 0 amide bonds. The highest BCUT2D eigenvalue weighted by molar-refractivity contribution is 5.13. The topological polar surface area (TPSA) is 33.3 Å². The van der Waals surface area contributed by atoms with Crippen LogP contribution in [-0.4, -0.2) is 19.2 Å². The molecule has 0 aliphatic carbocycles. The van der Waals surface area contributed by atoms with Crippen LogP contribution >= 0.6 is 0 Å². The largest absolute Gasteiger partial charge is 0.306 e. The molecule has 0 aromatic rings. The molecule has 2 aliphatic rings. The molecule has 2 aliphatic heterocycles. The van der Waals surface area contributed by atoms with Gasteiger partial charge in [0.05, 0.1) is 18.3 Å². The summed E-state index contributed by atoms with van der Waals surface area (Å²) in [5.41, 5.74) is 4.07. The molecule has 0 aromatic carbocycles. The molecule has 0 radical (unpaired) electrons. The van der Waals surface area contributed by atoms with E-state index in [0.29, 0.717) is 6.04 Å². The van der Waals surface area contributed by atoms with Gasteiger partial charge in [-0.05, 0) is 13.0 Å². The van der Waals surface area contributed by atoms with E-state index in [0.717, 1.165) is 19.6 Å². The monoisotopic (exact) mass is 126 g/mol. The Bertz CT molecular complexity index is 144. The second kappa shape index (κ2) is 2.01. The average Bonchev–Trinajstić information content (AvgIpc) is 2.33. The van der Waals surface area contributed by atoms with Gasteiger partial charge in [0, 0.05) is 0 Å². The lowest BCUT2D eigenvalue weighted by atomic mass is 10.1. The zero-order chi connectivity index (χ0) is 6.10. The van der Waals surface area contributed by atoms with Gasteiger partial charge in [-0.2, -0.15) is 0 Å². The van der Waals surface area contributed by atoms with Gasteiger partial charge in [0.2, 0.25) is 0 Å². The Morgan fingerprint density at radius 3 is 3.56 bits per heavy atom. The first-order valence-electron chi connectivity index (χ1n) is 3.28. The summed E-state index contributed by atoms with van der Waals surface area (Å²) in [6.45, 7) is 1.85. The average molecular weight is 126 g/mol. The summed E-state index contributed by atoms with van der Waals surface area (Å²) in [5, 5.41) is 3.33. The zero-order valence-electron chi connectivity index (χ0n) is 5.18. The highest BCUT2D eigenvalue weighted by atomic mass is 16.7. The van der Waals surface area contributed by atoms with Crippen molar-refractivity contribution in [1.82, 2.24) is 10.8 Å². The molecule has 2 rings (SSSR count). The third-order valence-electron chi connectivity index (χ3n) is 1.71. The summed E-state index contributed by atoms with van der Waals surface area (Å²) < 4.78 is 0. The molecule has 50 valence electrons. The molecule has 2 heterocycles. The Morgan fingerprint density at radius 2 is 2.67 bits per heavy atom. The summed E-state index contributed by atoms with van der Waals surface area (Å²) in [7, 11) is 0. The fraction of sp³-hybridized carbons (Fsp3) is 0.667. The van der Waals surface area contributed by atoms with E-state index in [9.17, 15) is 0 Å². The van der Waals surface area contributed by atoms with Gasteiger partial charge in [0.25, 0.3) is 0 Å². The van der Waals surface area contributed by atoms with Crippen molar-refractivity contribution >= 4 is 0 Å². The van der Waals surface area contributed by atoms with Gasteiger partial charge in [-0.1, -0.05) is 6.08 Å². The summed E-state index contributed by atoms with van der Waals surface area (Å²) in [6, 6.07) is 0.443. The fourth-order valence-corrected chi connectivity index (χ4v) is 1.21. The van der Waals surface area contributed by atoms with Crippen LogP contribution in [0.2, 0.25) is 0 Å². The van der Waals surface area contributed by atoms with E-state index in [1.165, 1.54) is 5.70 Å². The molecule has 1 fully saturated rings. The summed E-state index contributed by atoms with van der Waals surface area (Å²) >= 11 is 0. The lowest BCUT2D eigenvalue weighted by Gasteiger charge is -2.15. The Kier molecular flexibility index (Phi) is 1.17. The standard InChI is InChI=1S/C6H10N2O/c1-2-5-6(7-3-1)4-9-8-5/h2,6-8H,1,3-4H2. The molecule has 1 saturated heterocycles. The van der Waals surface area contributed by atoms with Gasteiger partial charge < -0.3 is 5.32 Å². The van der Waals surface area contributed by atoms with Crippen LogP contribution in [0.1, 0.15) is 6.42 Å². The predicted octanol–water partition coefficient (Wildman–Crippen LogP) is -0.233. The molecular formula is C6H10N2O. The number of hydrogen-bond donors (Lipinski definition) is 2. The van der Waals surface area contributed by atoms with Crippen LogP contribution in [0.3, 0.4) is 0 Å². The Balaban J connectivity index is 2.16. The molecule has 3 nitrogen and oxygen atoms in total. The van der Waals surface area contributed by atoms with Crippen LogP contribution in [0.5, 0.6) is 0 Å². The molecule has 1 unspecified atom stereocenters. The van der Waals surface area contributed by atoms with E-state index >= 15 is 0 Å². The second-order valence-electron chi connectivity index (χ2n) is 2.37. The molecular weight excluding hydrogens is 116 g/mol. The van der Waals surface area contributed by atoms with Crippen molar-refractivity contribution in [3.8, 4) is 0 Å². The SMILES string of the molecule is C1=C2NOCC2NCC1. The van der Waals surface area contributed by atoms with E-state index in [2.05, 4.69) is 16.9 Å². The van der Waals surface area contributed by atoms with E-state index in [1.807, 2.05) is 0 Å². The minimum atomic E-state index is 0.443. The number of hydrogen-bond acceptors (Lipinski definition) is 3. The maximum Gasteiger partial charge on any atom is 0.0955 e. The number of hydroxylamine groups is 1. The Labute approximate surface area is 54.0 Å². The van der Waals surface area contributed by atoms with Gasteiger partial charge in [-0.3, -0.25) is 10.3 Å². The highest BCUT2D eigenvalue weighted by Gasteiger charge is 2.22. The third-order valence-corrected chi connectivity index (χ3v) is 1.71. The van der Waals surface area contributed by atoms with Gasteiger partial charge >= 0.3 is 0 Å². The summed E-state index contributed by atoms with van der Waals surface area (Å²) in [5.74, 6) is 0. The molecule has 0 aromatic heterocycles. The molecule has 3 heteroatoms. The van der Waals surface area contributed by atoms with Crippen LogP contribution in [0.4, 0.5) is 0 Å². The fourth-order valence-electron chi connectivity index (χ4n) is 1.21. The smallest absolute Gasteiger partial charge is 0.0955 e. The molecule has 0 bridgehead atoms. The van der Waals surface area contributed by atoms with Crippen LogP contribution < -0.4 is 10.8 Å². The maximum atomic E-state index is 5.01. The van der Waals surface area contributed by atoms with E-state index < -0.39 is 0 Å². The number of fused-ring (bicyclic) bond motifs is 1. The van der Waals surface area contributed by atoms with Crippen LogP contribution in [0.15, 0.2) is 11.8 Å². The van der Waals surface area contributed by atoms with Crippen molar-refractivity contribution < 1.29 is 4.84 Å². The number of nitrogens with one attached hydrogen (secondary N) is 2. The van der Waals surface area contributed by atoms with Gasteiger partial charge in [0.15, 0.2) is 0 Å². The van der Waals surface area contributed by atoms with E-state index in [-0.39, 0.29) is 0 Å². The molecule has 0 spiro atoms. The quantitative estimate of drug-likeness (QED) is 0.470. The zero-order valence-corrected chi connectivity index (χ0v) is 5.18. The van der Waals surface area contributed by atoms with Gasteiger partial charge in [0.1, 0.15) is 0 Å². The van der Waals surface area contributed by atoms with E-state index in [4.69, 9.17) is 4.84 Å². The van der Waals surface area contributed by atoms with Gasteiger partial charge in [-0.25, -0.2) is 0 Å². The minimum absolute atomic E-state index is 0.443. The first-order chi connectivity index (χ1) is 4.47. The third kappa shape index (κ3) is 0.821. The lowest BCUT2D eigenvalue weighted by Crippen LogP contribution is -2.35. The summed E-state index contributed by atoms with van der Waals surface area (Å²) in [4.78, 5) is 5.01. The number of rotatable bonds is 0. The van der Waals surface area contributed by atoms with Crippen molar-refractivity contribution in [3.05, 3.63) is 11.8 Å². The molecule has 9 heavy (non-hydrogen) atoms. The molecule has 2 N–H and O–H groups in total. The summed E-state index contributed by atoms with van der Waals surface area (Å²) in [6.07, 6.45) is 3.30. The normalized spacial score (nSPS) is 32.9. The Hall–Kier alpha value is -0.540. The first kappa shape index (κ1) is 5.26. The second-order valence-corrected chi connectivity index (χ2v) is 2.37. The van der Waals surface area contributed by atoms with Crippen molar-refractivity contribution in [2.75, 3.05) is 13.2 Å². The van der Waals surface area contributed by atoms with Crippen molar-refractivity contribution in [2.45, 2.75) is 12.5 Å². The van der Waals surface area contributed by atoms with Crippen molar-refractivity contribution in [2.24, 2.45) is 0 Å². The first-order valence-corrected chi connectivity index (χ1v) is 3.28. The molecule has 1 atom stereocenters. The van der Waals surface area contributed by atoms with E-state index in [1.54, 1.807) is 0 Å². The minimum Gasteiger partial charge on any atom is -0.306 e. The van der Waals surface area contributed by atoms with Crippen molar-refractivity contribution in [3.63, 3.8) is 0 Å². The molecule has 0 saturated carbocycles. The predicted molar refractivity (Wildman–Crippen MR) is 33.6 cm³/mol. The van der Waals surface area contributed by atoms with Crippen molar-refractivity contribution in [1.29, 1.82) is 0 Å². The highest BCUT2D eigenvalue weighted by Crippen LogP contribution is 2.10. The van der Waals surface area contributed by atoms with Crippen LogP contribution in [0, 0.1) is 0 Å².